The molecule has 4 heteroatoms. The van der Waals surface area contributed by atoms with Crippen molar-refractivity contribution in [2.75, 3.05) is 33.9 Å². The Bertz CT molecular complexity index is 471. The van der Waals surface area contributed by atoms with Crippen molar-refractivity contribution in [3.8, 4) is 5.75 Å². The van der Waals surface area contributed by atoms with E-state index in [1.807, 2.05) is 12.1 Å². The highest BCUT2D eigenvalue weighted by Crippen LogP contribution is 2.38. The van der Waals surface area contributed by atoms with E-state index in [4.69, 9.17) is 14.2 Å². The second-order valence-electron chi connectivity index (χ2n) is 6.04. The Labute approximate surface area is 127 Å². The number of hydrogen-bond acceptors (Lipinski definition) is 4. The summed E-state index contributed by atoms with van der Waals surface area (Å²) in [6.07, 6.45) is 3.52. The van der Waals surface area contributed by atoms with Gasteiger partial charge in [-0.2, -0.15) is 0 Å². The Kier molecular flexibility index (Phi) is 4.48. The molecule has 0 unspecified atom stereocenters. The Morgan fingerprint density at radius 1 is 1.29 bits per heavy atom. The number of likely N-dealkylation sites (tertiary alicyclic amines) is 1. The van der Waals surface area contributed by atoms with Crippen LogP contribution >= 0.6 is 0 Å². The number of methoxy groups -OCH3 is 2. The third kappa shape index (κ3) is 2.93. The molecule has 0 N–H and O–H groups in total. The van der Waals surface area contributed by atoms with E-state index in [1.165, 1.54) is 5.56 Å². The maximum absolute atomic E-state index is 6.05. The summed E-state index contributed by atoms with van der Waals surface area (Å²) >= 11 is 0. The Hall–Kier alpha value is -1.10. The molecule has 2 atom stereocenters. The lowest BCUT2D eigenvalue weighted by Gasteiger charge is -2.44. The summed E-state index contributed by atoms with van der Waals surface area (Å²) in [7, 11) is 3.54. The molecule has 2 heterocycles. The molecule has 0 bridgehead atoms. The minimum Gasteiger partial charge on any atom is -0.496 e. The molecular formula is C17H25NO3. The molecule has 1 aromatic carbocycles. The molecule has 2 aliphatic rings. The lowest BCUT2D eigenvalue weighted by atomic mass is 9.85. The van der Waals surface area contributed by atoms with Crippen LogP contribution in [0.3, 0.4) is 0 Å². The molecule has 0 saturated carbocycles. The number of para-hydroxylation sites is 1. The van der Waals surface area contributed by atoms with Crippen molar-refractivity contribution < 1.29 is 14.2 Å². The molecule has 2 aliphatic heterocycles. The van der Waals surface area contributed by atoms with E-state index in [1.54, 1.807) is 14.2 Å². The Morgan fingerprint density at radius 3 is 2.86 bits per heavy atom. The van der Waals surface area contributed by atoms with Gasteiger partial charge in [0.25, 0.3) is 0 Å². The Morgan fingerprint density at radius 2 is 2.14 bits per heavy atom. The van der Waals surface area contributed by atoms with Gasteiger partial charge in [-0.25, -0.2) is 0 Å². The van der Waals surface area contributed by atoms with Crippen LogP contribution in [0.1, 0.15) is 24.8 Å². The maximum atomic E-state index is 6.05. The second kappa shape index (κ2) is 6.34. The van der Waals surface area contributed by atoms with E-state index in [0.717, 1.165) is 51.3 Å². The van der Waals surface area contributed by atoms with Crippen LogP contribution < -0.4 is 4.74 Å². The van der Waals surface area contributed by atoms with E-state index < -0.39 is 0 Å². The van der Waals surface area contributed by atoms with Crippen LogP contribution in [0.5, 0.6) is 5.75 Å². The van der Waals surface area contributed by atoms with Gasteiger partial charge in [0.05, 0.1) is 18.8 Å². The van der Waals surface area contributed by atoms with Gasteiger partial charge in [-0.05, 0) is 25.3 Å². The zero-order valence-corrected chi connectivity index (χ0v) is 13.0. The van der Waals surface area contributed by atoms with Crippen LogP contribution in [-0.4, -0.2) is 50.5 Å². The van der Waals surface area contributed by atoms with Gasteiger partial charge < -0.3 is 14.2 Å². The van der Waals surface area contributed by atoms with Crippen LogP contribution in [0.25, 0.3) is 0 Å². The van der Waals surface area contributed by atoms with E-state index in [2.05, 4.69) is 17.0 Å². The lowest BCUT2D eigenvalue weighted by Crippen LogP contribution is -2.55. The number of hydrogen-bond donors (Lipinski definition) is 0. The molecule has 3 rings (SSSR count). The number of piperidine rings is 1. The van der Waals surface area contributed by atoms with Crippen molar-refractivity contribution in [1.29, 1.82) is 0 Å². The zero-order valence-electron chi connectivity index (χ0n) is 13.0. The molecule has 1 spiro atoms. The smallest absolute Gasteiger partial charge is 0.123 e. The predicted octanol–water partition coefficient (Wildman–Crippen LogP) is 2.47. The van der Waals surface area contributed by atoms with Crippen LogP contribution in [0.2, 0.25) is 0 Å². The summed E-state index contributed by atoms with van der Waals surface area (Å²) in [5, 5.41) is 0. The Balaban J connectivity index is 1.68. The molecular weight excluding hydrogens is 266 g/mol. The first-order chi connectivity index (χ1) is 10.3. The largest absolute Gasteiger partial charge is 0.496 e. The highest BCUT2D eigenvalue weighted by molar-refractivity contribution is 5.33. The summed E-state index contributed by atoms with van der Waals surface area (Å²) in [5.74, 6) is 0.962. The van der Waals surface area contributed by atoms with Gasteiger partial charge in [-0.3, -0.25) is 4.90 Å². The average Bonchev–Trinajstić information content (AvgIpc) is 2.99. The summed E-state index contributed by atoms with van der Waals surface area (Å²) in [6, 6.07) is 8.24. The van der Waals surface area contributed by atoms with Crippen molar-refractivity contribution in [3.63, 3.8) is 0 Å². The second-order valence-corrected chi connectivity index (χ2v) is 6.04. The molecule has 0 amide bonds. The molecule has 1 aromatic rings. The molecule has 2 saturated heterocycles. The summed E-state index contributed by atoms with van der Waals surface area (Å²) in [6.45, 7) is 3.76. The van der Waals surface area contributed by atoms with Gasteiger partial charge in [-0.1, -0.05) is 18.2 Å². The van der Waals surface area contributed by atoms with Gasteiger partial charge in [0, 0.05) is 38.9 Å². The molecule has 0 radical (unpaired) electrons. The minimum absolute atomic E-state index is 0.0357. The molecule has 2 fully saturated rings. The fourth-order valence-corrected chi connectivity index (χ4v) is 3.68. The maximum Gasteiger partial charge on any atom is 0.123 e. The summed E-state index contributed by atoms with van der Waals surface area (Å²) in [5.41, 5.74) is 1.20. The fourth-order valence-electron chi connectivity index (χ4n) is 3.68. The number of rotatable bonds is 4. The SMILES string of the molecule is COc1ccccc1CN1CC[C@@]2(CCCO2)[C@@H](OC)C1. The van der Waals surface area contributed by atoms with E-state index >= 15 is 0 Å². The number of nitrogens with zero attached hydrogens (tertiary/aromatic N) is 1. The van der Waals surface area contributed by atoms with Crippen molar-refractivity contribution >= 4 is 0 Å². The van der Waals surface area contributed by atoms with Crippen molar-refractivity contribution in [1.82, 2.24) is 4.90 Å². The van der Waals surface area contributed by atoms with Gasteiger partial charge in [-0.15, -0.1) is 0 Å². The van der Waals surface area contributed by atoms with Gasteiger partial charge in [0.15, 0.2) is 0 Å². The highest BCUT2D eigenvalue weighted by atomic mass is 16.5. The average molecular weight is 291 g/mol. The summed E-state index contributed by atoms with van der Waals surface area (Å²) in [4.78, 5) is 2.44. The van der Waals surface area contributed by atoms with Crippen LogP contribution in [0.4, 0.5) is 0 Å². The minimum atomic E-state index is -0.0357. The summed E-state index contributed by atoms with van der Waals surface area (Å²) < 4.78 is 17.3. The molecule has 21 heavy (non-hydrogen) atoms. The van der Waals surface area contributed by atoms with Crippen molar-refractivity contribution in [3.05, 3.63) is 29.8 Å². The standard InChI is InChI=1S/C17H25NO3/c1-19-15-7-4-3-6-14(15)12-18-10-9-17(8-5-11-21-17)16(13-18)20-2/h3-4,6-7,16H,5,8-13H2,1-2H3/t16-,17-/m0/s1. The quantitative estimate of drug-likeness (QED) is 0.853. The molecule has 4 nitrogen and oxygen atoms in total. The van der Waals surface area contributed by atoms with E-state index in [9.17, 15) is 0 Å². The normalized spacial score (nSPS) is 29.9. The first-order valence-corrected chi connectivity index (χ1v) is 7.78. The van der Waals surface area contributed by atoms with E-state index in [-0.39, 0.29) is 11.7 Å². The molecule has 116 valence electrons. The first kappa shape index (κ1) is 14.8. The van der Waals surface area contributed by atoms with Gasteiger partial charge in [0.1, 0.15) is 5.75 Å². The third-order valence-electron chi connectivity index (χ3n) is 4.87. The zero-order chi connectivity index (χ0) is 14.7. The number of ether oxygens (including phenoxy) is 3. The van der Waals surface area contributed by atoms with Crippen molar-refractivity contribution in [2.45, 2.75) is 37.5 Å². The van der Waals surface area contributed by atoms with Crippen LogP contribution in [0, 0.1) is 0 Å². The lowest BCUT2D eigenvalue weighted by molar-refractivity contribution is -0.143. The first-order valence-electron chi connectivity index (χ1n) is 7.78. The van der Waals surface area contributed by atoms with Gasteiger partial charge in [0.2, 0.25) is 0 Å². The molecule has 0 aromatic heterocycles. The fraction of sp³-hybridized carbons (Fsp3) is 0.647. The highest BCUT2D eigenvalue weighted by Gasteiger charge is 2.46. The third-order valence-corrected chi connectivity index (χ3v) is 4.87. The van der Waals surface area contributed by atoms with Crippen molar-refractivity contribution in [2.24, 2.45) is 0 Å². The van der Waals surface area contributed by atoms with E-state index in [0.29, 0.717) is 0 Å². The van der Waals surface area contributed by atoms with Gasteiger partial charge >= 0.3 is 0 Å². The molecule has 0 aliphatic carbocycles. The number of benzene rings is 1. The topological polar surface area (TPSA) is 30.9 Å². The van der Waals surface area contributed by atoms with Crippen LogP contribution in [0.15, 0.2) is 24.3 Å². The van der Waals surface area contributed by atoms with Crippen LogP contribution in [-0.2, 0) is 16.0 Å². The monoisotopic (exact) mass is 291 g/mol. The predicted molar refractivity (Wildman–Crippen MR) is 81.6 cm³/mol.